The first-order valence-electron chi connectivity index (χ1n) is 7.84. The molecule has 0 aliphatic heterocycles. The number of halogens is 2. The summed E-state index contributed by atoms with van der Waals surface area (Å²) in [7, 11) is 0. The van der Waals surface area contributed by atoms with Crippen LogP contribution in [0.1, 0.15) is 25.3 Å². The van der Waals surface area contributed by atoms with Crippen molar-refractivity contribution in [3.63, 3.8) is 0 Å². The van der Waals surface area contributed by atoms with Crippen molar-refractivity contribution in [3.8, 4) is 0 Å². The molecule has 2 aromatic rings. The average molecular weight is 553 g/mol. The van der Waals surface area contributed by atoms with Crippen molar-refractivity contribution in [2.75, 3.05) is 6.61 Å². The van der Waals surface area contributed by atoms with Crippen LogP contribution in [-0.2, 0) is 19.5 Å². The zero-order chi connectivity index (χ0) is 18.9. The summed E-state index contributed by atoms with van der Waals surface area (Å²) >= 11 is 5.52. The number of hydrogen-bond acceptors (Lipinski definition) is 6. The lowest BCUT2D eigenvalue weighted by molar-refractivity contribution is -0.386. The van der Waals surface area contributed by atoms with Crippen molar-refractivity contribution in [2.24, 2.45) is 0 Å². The Kier molecular flexibility index (Phi) is 6.11. The molecule has 0 spiro atoms. The van der Waals surface area contributed by atoms with Crippen molar-refractivity contribution in [1.29, 1.82) is 0 Å². The first kappa shape index (κ1) is 19.9. The molecule has 138 valence electrons. The van der Waals surface area contributed by atoms with Gasteiger partial charge in [-0.25, -0.2) is 4.98 Å². The number of carbonyl (C=O) groups excluding carboxylic acids is 1. The predicted molar refractivity (Wildman–Crippen MR) is 111 cm³/mol. The van der Waals surface area contributed by atoms with Gasteiger partial charge in [-0.2, -0.15) is 0 Å². The molecule has 7 nitrogen and oxygen atoms in total. The minimum atomic E-state index is -1.10. The maximum Gasteiger partial charge on any atom is 0.317 e. The third-order valence-corrected chi connectivity index (χ3v) is 6.19. The van der Waals surface area contributed by atoms with Crippen LogP contribution in [-0.4, -0.2) is 28.6 Å². The number of fused-ring (bicyclic) bond motifs is 1. The van der Waals surface area contributed by atoms with E-state index >= 15 is 0 Å². The largest absolute Gasteiger partial charge is 0.465 e. The van der Waals surface area contributed by atoms with E-state index in [9.17, 15) is 14.9 Å². The minimum absolute atomic E-state index is 0.121. The quantitative estimate of drug-likeness (QED) is 0.168. The van der Waals surface area contributed by atoms with Crippen LogP contribution in [0.15, 0.2) is 28.9 Å². The Hall–Kier alpha value is -0.900. The summed E-state index contributed by atoms with van der Waals surface area (Å²) in [5.41, 5.74) is -0.304. The van der Waals surface area contributed by atoms with Crippen molar-refractivity contribution in [2.45, 2.75) is 31.3 Å². The van der Waals surface area contributed by atoms with Crippen molar-refractivity contribution in [3.05, 3.63) is 44.5 Å². The molecule has 1 aromatic heterocycles. The Balaban J connectivity index is 2.24. The number of pyridine rings is 1. The van der Waals surface area contributed by atoms with E-state index in [2.05, 4.69) is 43.0 Å². The van der Waals surface area contributed by atoms with Gasteiger partial charge in [0.2, 0.25) is 0 Å². The van der Waals surface area contributed by atoms with E-state index in [1.807, 2.05) is 6.07 Å². The number of ether oxygens (including phenoxy) is 1. The molecule has 1 unspecified atom stereocenters. The van der Waals surface area contributed by atoms with Crippen molar-refractivity contribution >= 4 is 67.0 Å². The van der Waals surface area contributed by atoms with Crippen molar-refractivity contribution in [1.82, 2.24) is 4.98 Å². The number of nitrogens with zero attached hydrogens (tertiary/aromatic N) is 2. The van der Waals surface area contributed by atoms with E-state index < -0.39 is 16.3 Å². The second-order valence-corrected chi connectivity index (χ2v) is 8.59. The van der Waals surface area contributed by atoms with Gasteiger partial charge in [0, 0.05) is 9.86 Å². The fourth-order valence-electron chi connectivity index (χ4n) is 3.40. The van der Waals surface area contributed by atoms with Gasteiger partial charge in [-0.1, -0.05) is 15.9 Å². The van der Waals surface area contributed by atoms with Gasteiger partial charge in [0.25, 0.3) is 5.69 Å². The Morgan fingerprint density at radius 1 is 1.54 bits per heavy atom. The van der Waals surface area contributed by atoms with Crippen LogP contribution in [0, 0.1) is 10.1 Å². The van der Waals surface area contributed by atoms with Crippen LogP contribution >= 0.6 is 44.4 Å². The van der Waals surface area contributed by atoms with Crippen LogP contribution in [0.5, 0.6) is 0 Å². The Labute approximate surface area is 172 Å². The van der Waals surface area contributed by atoms with E-state index in [1.165, 1.54) is 6.20 Å². The summed E-state index contributed by atoms with van der Waals surface area (Å²) in [6.07, 6.45) is 1.81. The third-order valence-electron chi connectivity index (χ3n) is 4.51. The molecule has 3 rings (SSSR count). The lowest BCUT2D eigenvalue weighted by Gasteiger charge is -2.44. The van der Waals surface area contributed by atoms with Gasteiger partial charge in [0.15, 0.2) is 0 Å². The molecule has 0 radical (unpaired) electrons. The molecule has 0 N–H and O–H groups in total. The lowest BCUT2D eigenvalue weighted by atomic mass is 9.61. The van der Waals surface area contributed by atoms with Gasteiger partial charge in [-0.05, 0) is 60.0 Å². The van der Waals surface area contributed by atoms with Gasteiger partial charge in [-0.3, -0.25) is 14.9 Å². The van der Waals surface area contributed by atoms with E-state index in [0.29, 0.717) is 29.3 Å². The molecule has 0 saturated heterocycles. The van der Waals surface area contributed by atoms with E-state index in [4.69, 9.17) is 9.26 Å². The molecular weight excluding hydrogens is 538 g/mol. The number of carbonyl (C=O) groups is 1. The summed E-state index contributed by atoms with van der Waals surface area (Å²) in [6.45, 7) is 2.19. The SMILES string of the molecule is CCOC(=O)C1(c2c([N+](=O)[O-])cnc3ccc(Br)cc23)CC(OPI)C1. The fraction of sp³-hybridized carbons (Fsp3) is 0.375. The molecule has 10 heteroatoms. The summed E-state index contributed by atoms with van der Waals surface area (Å²) in [6, 6.07) is 5.34. The number of aromatic nitrogens is 1. The van der Waals surface area contributed by atoms with Gasteiger partial charge in [0.1, 0.15) is 11.6 Å². The zero-order valence-corrected chi connectivity index (χ0v) is 18.4. The number of hydrogen-bond donors (Lipinski definition) is 0. The van der Waals surface area contributed by atoms with Crippen molar-refractivity contribution < 1.29 is 19.0 Å². The molecule has 1 aromatic carbocycles. The van der Waals surface area contributed by atoms with Crippen LogP contribution in [0.25, 0.3) is 10.9 Å². The summed E-state index contributed by atoms with van der Waals surface area (Å²) in [4.78, 5) is 28.3. The molecule has 26 heavy (non-hydrogen) atoms. The Morgan fingerprint density at radius 2 is 2.27 bits per heavy atom. The maximum absolute atomic E-state index is 12.9. The number of esters is 1. The van der Waals surface area contributed by atoms with Crippen LogP contribution in [0.2, 0.25) is 0 Å². The predicted octanol–water partition coefficient (Wildman–Crippen LogP) is 4.83. The normalized spacial score (nSPS) is 22.5. The molecule has 0 amide bonds. The standard InChI is InChI=1S/C16H15BrIN2O5P/c1-2-24-15(21)16(6-10(7-16)25-26-18)14-11-5-9(17)3-4-12(11)19-8-13(14)20(22)23/h3-5,8,10,26H,2,6-7H2,1H3. The minimum Gasteiger partial charge on any atom is -0.465 e. The number of rotatable bonds is 6. The van der Waals surface area contributed by atoms with Gasteiger partial charge < -0.3 is 9.26 Å². The Bertz CT molecular complexity index is 875. The fourth-order valence-corrected chi connectivity index (χ4v) is 5.13. The lowest BCUT2D eigenvalue weighted by Crippen LogP contribution is -2.52. The van der Waals surface area contributed by atoms with E-state index in [0.717, 1.165) is 4.47 Å². The molecule has 1 aliphatic carbocycles. The number of nitro groups is 1. The second-order valence-electron chi connectivity index (χ2n) is 5.96. The summed E-state index contributed by atoms with van der Waals surface area (Å²) < 4.78 is 11.7. The first-order chi connectivity index (χ1) is 12.4. The molecule has 1 atom stereocenters. The van der Waals surface area contributed by atoms with Gasteiger partial charge >= 0.3 is 5.97 Å². The van der Waals surface area contributed by atoms with Gasteiger partial charge in [0.05, 0.1) is 35.2 Å². The molecule has 0 bridgehead atoms. The first-order valence-corrected chi connectivity index (χ1v) is 12.7. The van der Waals surface area contributed by atoms with Gasteiger partial charge in [-0.15, -0.1) is 0 Å². The second kappa shape index (κ2) is 8.00. The highest BCUT2D eigenvalue weighted by Gasteiger charge is 2.57. The molecular formula is C16H15BrIN2O5P. The van der Waals surface area contributed by atoms with E-state index in [1.54, 1.807) is 19.1 Å². The highest BCUT2D eigenvalue weighted by atomic mass is 127. The molecule has 1 fully saturated rings. The third kappa shape index (κ3) is 3.46. The van der Waals surface area contributed by atoms with Crippen LogP contribution in [0.4, 0.5) is 5.69 Å². The van der Waals surface area contributed by atoms with Crippen LogP contribution in [0.3, 0.4) is 0 Å². The molecule has 1 aliphatic rings. The smallest absolute Gasteiger partial charge is 0.317 e. The molecule has 1 heterocycles. The van der Waals surface area contributed by atoms with E-state index in [-0.39, 0.29) is 24.8 Å². The number of benzene rings is 1. The highest BCUT2D eigenvalue weighted by Crippen LogP contribution is 2.53. The highest BCUT2D eigenvalue weighted by molar-refractivity contribution is 14.2. The monoisotopic (exact) mass is 552 g/mol. The maximum atomic E-state index is 12.9. The summed E-state index contributed by atoms with van der Waals surface area (Å²) in [5.74, 6) is -0.452. The summed E-state index contributed by atoms with van der Waals surface area (Å²) in [5, 5.41) is 12.3. The Morgan fingerprint density at radius 3 is 2.88 bits per heavy atom. The topological polar surface area (TPSA) is 91.6 Å². The van der Waals surface area contributed by atoms with Crippen LogP contribution < -0.4 is 0 Å². The molecule has 1 saturated carbocycles. The average Bonchev–Trinajstić information content (AvgIpc) is 2.57. The zero-order valence-electron chi connectivity index (χ0n) is 13.7.